The van der Waals surface area contributed by atoms with E-state index >= 15 is 0 Å². The molecule has 100 valence electrons. The number of aliphatic hydroxyl groups is 1. The van der Waals surface area contributed by atoms with Crippen LogP contribution in [0.15, 0.2) is 17.2 Å². The topological polar surface area (TPSA) is 111 Å². The molecule has 1 aromatic rings. The predicted octanol–water partition coefficient (Wildman–Crippen LogP) is -0.284. The molecule has 8 heteroatoms. The number of carboxylic acids is 1. The molecule has 1 aliphatic rings. The van der Waals surface area contributed by atoms with Gasteiger partial charge in [-0.05, 0) is 18.4 Å². The number of rotatable bonds is 4. The Morgan fingerprint density at radius 1 is 1.56 bits per heavy atom. The fourth-order valence-corrected chi connectivity index (χ4v) is 3.49. The Kier molecular flexibility index (Phi) is 3.42. The van der Waals surface area contributed by atoms with Gasteiger partial charge in [0.05, 0.1) is 0 Å². The first kappa shape index (κ1) is 13.1. The minimum absolute atomic E-state index is 0.0421. The van der Waals surface area contributed by atoms with Gasteiger partial charge in [-0.2, -0.15) is 4.31 Å². The van der Waals surface area contributed by atoms with E-state index in [0.717, 1.165) is 6.07 Å². The average Bonchev–Trinajstić information content (AvgIpc) is 2.98. The van der Waals surface area contributed by atoms with Crippen LogP contribution in [0.25, 0.3) is 0 Å². The molecular formula is C10H14N2O5S. The lowest BCUT2D eigenvalue weighted by Gasteiger charge is -2.14. The molecule has 1 saturated heterocycles. The maximum Gasteiger partial charge on any atom is 0.352 e. The molecule has 2 heterocycles. The Hall–Kier alpha value is -1.38. The van der Waals surface area contributed by atoms with E-state index in [1.807, 2.05) is 0 Å². The standard InChI is InChI=1S/C10H14N2O5S/c13-6-7-1-2-12(5-7)18(16,17)8-3-9(10(14)15)11-4-8/h3-4,7,11,13H,1-2,5-6H2,(H,14,15). The Balaban J connectivity index is 2.23. The van der Waals surface area contributed by atoms with Crippen molar-refractivity contribution in [2.24, 2.45) is 5.92 Å². The Morgan fingerprint density at radius 2 is 2.28 bits per heavy atom. The maximum absolute atomic E-state index is 12.2. The lowest BCUT2D eigenvalue weighted by atomic mass is 10.1. The van der Waals surface area contributed by atoms with Crippen LogP contribution in [0.5, 0.6) is 0 Å². The van der Waals surface area contributed by atoms with Gasteiger partial charge in [0.15, 0.2) is 0 Å². The molecule has 0 amide bonds. The first-order chi connectivity index (χ1) is 8.45. The fraction of sp³-hybridized carbons (Fsp3) is 0.500. The quantitative estimate of drug-likeness (QED) is 0.699. The predicted molar refractivity (Wildman–Crippen MR) is 61.7 cm³/mol. The van der Waals surface area contributed by atoms with Crippen molar-refractivity contribution >= 4 is 16.0 Å². The fourth-order valence-electron chi connectivity index (χ4n) is 1.96. The molecular weight excluding hydrogens is 260 g/mol. The summed E-state index contributed by atoms with van der Waals surface area (Å²) < 4.78 is 25.6. The normalized spacial score (nSPS) is 21.3. The third kappa shape index (κ3) is 2.26. The van der Waals surface area contributed by atoms with Crippen LogP contribution in [0.4, 0.5) is 0 Å². The summed E-state index contributed by atoms with van der Waals surface area (Å²) in [6.45, 7) is 0.576. The number of carbonyl (C=O) groups is 1. The molecule has 3 N–H and O–H groups in total. The molecule has 1 atom stereocenters. The molecule has 0 saturated carbocycles. The van der Waals surface area contributed by atoms with E-state index in [2.05, 4.69) is 4.98 Å². The summed E-state index contributed by atoms with van der Waals surface area (Å²) in [6.07, 6.45) is 1.79. The first-order valence-corrected chi connectivity index (χ1v) is 6.92. The molecule has 7 nitrogen and oxygen atoms in total. The third-order valence-corrected chi connectivity index (χ3v) is 4.87. The number of aromatic amines is 1. The summed E-state index contributed by atoms with van der Waals surface area (Å²) >= 11 is 0. The minimum Gasteiger partial charge on any atom is -0.477 e. The van der Waals surface area contributed by atoms with Gasteiger partial charge in [-0.3, -0.25) is 0 Å². The highest BCUT2D eigenvalue weighted by molar-refractivity contribution is 7.89. The van der Waals surface area contributed by atoms with Crippen molar-refractivity contribution in [3.63, 3.8) is 0 Å². The second kappa shape index (κ2) is 4.71. The zero-order valence-corrected chi connectivity index (χ0v) is 10.4. The third-order valence-electron chi connectivity index (χ3n) is 3.03. The zero-order valence-electron chi connectivity index (χ0n) is 9.54. The molecule has 0 aliphatic carbocycles. The van der Waals surface area contributed by atoms with Crippen molar-refractivity contribution < 1.29 is 23.4 Å². The number of sulfonamides is 1. The summed E-state index contributed by atoms with van der Waals surface area (Å²) in [7, 11) is -3.67. The Bertz CT molecular complexity index is 550. The smallest absolute Gasteiger partial charge is 0.352 e. The van der Waals surface area contributed by atoms with E-state index in [4.69, 9.17) is 10.2 Å². The van der Waals surface area contributed by atoms with Gasteiger partial charge in [-0.15, -0.1) is 0 Å². The highest BCUT2D eigenvalue weighted by Crippen LogP contribution is 2.24. The summed E-state index contributed by atoms with van der Waals surface area (Å²) in [6, 6.07) is 1.10. The van der Waals surface area contributed by atoms with Crippen molar-refractivity contribution in [2.45, 2.75) is 11.3 Å². The van der Waals surface area contributed by atoms with Gasteiger partial charge < -0.3 is 15.2 Å². The molecule has 1 fully saturated rings. The van der Waals surface area contributed by atoms with Crippen LogP contribution < -0.4 is 0 Å². The van der Waals surface area contributed by atoms with Gasteiger partial charge in [-0.1, -0.05) is 0 Å². The number of nitrogens with zero attached hydrogens (tertiary/aromatic N) is 1. The van der Waals surface area contributed by atoms with Crippen LogP contribution in [0.3, 0.4) is 0 Å². The summed E-state index contributed by atoms with van der Waals surface area (Å²) in [5.41, 5.74) is -0.161. The highest BCUT2D eigenvalue weighted by Gasteiger charge is 2.33. The first-order valence-electron chi connectivity index (χ1n) is 5.48. The van der Waals surface area contributed by atoms with Gasteiger partial charge in [0.1, 0.15) is 10.6 Å². The van der Waals surface area contributed by atoms with E-state index in [1.165, 1.54) is 10.5 Å². The number of carboxylic acid groups (broad SMARTS) is 1. The van der Waals surface area contributed by atoms with Gasteiger partial charge in [0, 0.05) is 25.9 Å². The van der Waals surface area contributed by atoms with E-state index in [9.17, 15) is 13.2 Å². The number of aromatic carboxylic acids is 1. The van der Waals surface area contributed by atoms with Crippen molar-refractivity contribution in [3.05, 3.63) is 18.0 Å². The number of hydrogen-bond donors (Lipinski definition) is 3. The average molecular weight is 274 g/mol. The molecule has 18 heavy (non-hydrogen) atoms. The molecule has 0 spiro atoms. The van der Waals surface area contributed by atoms with Crippen molar-refractivity contribution in [3.8, 4) is 0 Å². The second-order valence-electron chi connectivity index (χ2n) is 4.25. The number of nitrogens with one attached hydrogen (secondary N) is 1. The molecule has 1 aliphatic heterocycles. The second-order valence-corrected chi connectivity index (χ2v) is 6.19. The molecule has 2 rings (SSSR count). The van der Waals surface area contributed by atoms with E-state index < -0.39 is 16.0 Å². The SMILES string of the molecule is O=C(O)c1cc(S(=O)(=O)N2CCC(CO)C2)c[nH]1. The minimum atomic E-state index is -3.67. The molecule has 0 radical (unpaired) electrons. The lowest BCUT2D eigenvalue weighted by molar-refractivity contribution is 0.0691. The molecule has 0 aromatic carbocycles. The summed E-state index contributed by atoms with van der Waals surface area (Å²) in [4.78, 5) is 13.0. The monoisotopic (exact) mass is 274 g/mol. The van der Waals surface area contributed by atoms with Crippen molar-refractivity contribution in [2.75, 3.05) is 19.7 Å². The van der Waals surface area contributed by atoms with Gasteiger partial charge >= 0.3 is 5.97 Å². The molecule has 1 unspecified atom stereocenters. The number of hydrogen-bond acceptors (Lipinski definition) is 4. The van der Waals surface area contributed by atoms with E-state index in [0.29, 0.717) is 13.0 Å². The van der Waals surface area contributed by atoms with Crippen molar-refractivity contribution in [1.29, 1.82) is 0 Å². The van der Waals surface area contributed by atoms with Crippen LogP contribution in [0.1, 0.15) is 16.9 Å². The van der Waals surface area contributed by atoms with Crippen LogP contribution in [-0.4, -0.2) is 53.6 Å². The van der Waals surface area contributed by atoms with E-state index in [1.54, 1.807) is 0 Å². The lowest BCUT2D eigenvalue weighted by Crippen LogP contribution is -2.29. The van der Waals surface area contributed by atoms with Crippen molar-refractivity contribution in [1.82, 2.24) is 9.29 Å². The maximum atomic E-state index is 12.2. The summed E-state index contributed by atoms with van der Waals surface area (Å²) in [5, 5.41) is 17.7. The number of aromatic nitrogens is 1. The van der Waals surface area contributed by atoms with Crippen LogP contribution in [0.2, 0.25) is 0 Å². The molecule has 0 bridgehead atoms. The van der Waals surface area contributed by atoms with E-state index in [-0.39, 0.29) is 29.7 Å². The van der Waals surface area contributed by atoms with Gasteiger partial charge in [0.2, 0.25) is 10.0 Å². The Morgan fingerprint density at radius 3 is 2.78 bits per heavy atom. The van der Waals surface area contributed by atoms with Crippen LogP contribution in [-0.2, 0) is 10.0 Å². The molecule has 1 aromatic heterocycles. The Labute approximate surface area is 104 Å². The van der Waals surface area contributed by atoms with Gasteiger partial charge in [0.25, 0.3) is 0 Å². The zero-order chi connectivity index (χ0) is 13.3. The summed E-state index contributed by atoms with van der Waals surface area (Å²) in [5.74, 6) is -1.25. The van der Waals surface area contributed by atoms with Crippen LogP contribution >= 0.6 is 0 Å². The van der Waals surface area contributed by atoms with Gasteiger partial charge in [-0.25, -0.2) is 13.2 Å². The number of aliphatic hydroxyl groups excluding tert-OH is 1. The highest BCUT2D eigenvalue weighted by atomic mass is 32.2. The number of H-pyrrole nitrogens is 1. The largest absolute Gasteiger partial charge is 0.477 e. The van der Waals surface area contributed by atoms with Crippen LogP contribution in [0, 0.1) is 5.92 Å².